The lowest BCUT2D eigenvalue weighted by atomic mass is 9.69. The van der Waals surface area contributed by atoms with Crippen molar-refractivity contribution in [3.63, 3.8) is 0 Å². The fourth-order valence-electron chi connectivity index (χ4n) is 4.63. The Kier molecular flexibility index (Phi) is 10.4. The maximum absolute atomic E-state index is 13.3. The number of thiazole rings is 1. The molecule has 6 nitrogen and oxygen atoms in total. The molecule has 7 heteroatoms. The second kappa shape index (κ2) is 12.6. The van der Waals surface area contributed by atoms with Crippen LogP contribution < -0.4 is 0 Å². The number of allylic oxidation sites excluding steroid dienone is 1. The Labute approximate surface area is 214 Å². The fraction of sp³-hybridized carbons (Fsp3) is 0.643. The summed E-state index contributed by atoms with van der Waals surface area (Å²) in [5.74, 6) is -2.25. The molecule has 1 N–H and O–H groups in total. The topological polar surface area (TPSA) is 100 Å². The standard InChI is InChI=1S/C28H40N2O4S/c1-17-9-8-10-18(2)26(32)20(4)27(33)28(6,7)22(15-29)14-25(31)34-24(12-11-17)19(3)13-23-16-35-21(5)30-23/h11,13,16,18,20,22,24,26,32H,8-10,12,14H2,1-7H3/b17-11-,19-13+/t18-,20+,22+,24-,26-/m0/s1. The van der Waals surface area contributed by atoms with E-state index >= 15 is 0 Å². The van der Waals surface area contributed by atoms with Gasteiger partial charge in [0.25, 0.3) is 0 Å². The number of ether oxygens (including phenoxy) is 1. The number of Topliss-reactive ketones (excluding diaryl/α,β-unsaturated/α-hetero) is 1. The van der Waals surface area contributed by atoms with Crippen LogP contribution in [-0.4, -0.2) is 34.1 Å². The van der Waals surface area contributed by atoms with Crippen LogP contribution in [0.2, 0.25) is 0 Å². The highest BCUT2D eigenvalue weighted by Crippen LogP contribution is 2.36. The van der Waals surface area contributed by atoms with Crippen LogP contribution >= 0.6 is 11.3 Å². The molecule has 0 saturated carbocycles. The molecule has 0 saturated heterocycles. The van der Waals surface area contributed by atoms with Gasteiger partial charge in [-0.1, -0.05) is 39.3 Å². The van der Waals surface area contributed by atoms with Crippen LogP contribution in [0.4, 0.5) is 0 Å². The molecule has 2 rings (SSSR count). The van der Waals surface area contributed by atoms with Crippen LogP contribution in [0.15, 0.2) is 22.6 Å². The molecule has 35 heavy (non-hydrogen) atoms. The first kappa shape index (κ1) is 28.9. The number of nitriles is 1. The first-order valence-electron chi connectivity index (χ1n) is 12.4. The molecule has 0 aliphatic carbocycles. The Morgan fingerprint density at radius 2 is 2.00 bits per heavy atom. The molecule has 0 bridgehead atoms. The number of hydrogen-bond acceptors (Lipinski definition) is 7. The zero-order valence-corrected chi connectivity index (χ0v) is 22.9. The number of ketones is 1. The first-order valence-corrected chi connectivity index (χ1v) is 13.3. The van der Waals surface area contributed by atoms with E-state index in [1.807, 2.05) is 32.2 Å². The Bertz CT molecular complexity index is 1000. The van der Waals surface area contributed by atoms with Crippen molar-refractivity contribution in [2.75, 3.05) is 0 Å². The van der Waals surface area contributed by atoms with Crippen molar-refractivity contribution >= 4 is 29.2 Å². The van der Waals surface area contributed by atoms with Gasteiger partial charge in [0.05, 0.1) is 35.2 Å². The predicted octanol–water partition coefficient (Wildman–Crippen LogP) is 6.05. The van der Waals surface area contributed by atoms with E-state index in [2.05, 4.69) is 24.1 Å². The summed E-state index contributed by atoms with van der Waals surface area (Å²) in [6.07, 6.45) is 5.66. The zero-order chi connectivity index (χ0) is 26.3. The first-order chi connectivity index (χ1) is 16.4. The third-order valence-electron chi connectivity index (χ3n) is 7.25. The molecule has 0 unspecified atom stereocenters. The van der Waals surface area contributed by atoms with Gasteiger partial charge in [-0.3, -0.25) is 9.59 Å². The average molecular weight is 501 g/mol. The smallest absolute Gasteiger partial charge is 0.307 e. The molecule has 5 atom stereocenters. The van der Waals surface area contributed by atoms with E-state index in [1.54, 1.807) is 32.1 Å². The number of cyclic esters (lactones) is 1. The molecule has 1 aliphatic heterocycles. The van der Waals surface area contributed by atoms with Gasteiger partial charge in [0.1, 0.15) is 11.9 Å². The molecule has 2 heterocycles. The van der Waals surface area contributed by atoms with Crippen molar-refractivity contribution in [3.05, 3.63) is 33.3 Å². The molecule has 0 amide bonds. The third kappa shape index (κ3) is 7.85. The van der Waals surface area contributed by atoms with Crippen LogP contribution in [0.3, 0.4) is 0 Å². The number of aliphatic hydroxyl groups is 1. The quantitative estimate of drug-likeness (QED) is 0.392. The minimum Gasteiger partial charge on any atom is -0.457 e. The number of carbonyl (C=O) groups is 2. The second-order valence-electron chi connectivity index (χ2n) is 10.6. The number of hydrogen-bond donors (Lipinski definition) is 1. The van der Waals surface area contributed by atoms with E-state index in [0.717, 1.165) is 35.5 Å². The van der Waals surface area contributed by atoms with Gasteiger partial charge in [0.15, 0.2) is 0 Å². The Morgan fingerprint density at radius 1 is 1.31 bits per heavy atom. The summed E-state index contributed by atoms with van der Waals surface area (Å²) < 4.78 is 5.88. The molecule has 0 fully saturated rings. The summed E-state index contributed by atoms with van der Waals surface area (Å²) in [5, 5.41) is 23.6. The van der Waals surface area contributed by atoms with Crippen molar-refractivity contribution in [1.82, 2.24) is 4.98 Å². The summed E-state index contributed by atoms with van der Waals surface area (Å²) in [7, 11) is 0. The van der Waals surface area contributed by atoms with E-state index in [0.29, 0.717) is 6.42 Å². The fourth-order valence-corrected chi connectivity index (χ4v) is 5.20. The maximum Gasteiger partial charge on any atom is 0.307 e. The molecular formula is C28H40N2O4S. The third-order valence-corrected chi connectivity index (χ3v) is 8.04. The van der Waals surface area contributed by atoms with E-state index in [4.69, 9.17) is 4.74 Å². The van der Waals surface area contributed by atoms with Crippen LogP contribution in [0, 0.1) is 41.4 Å². The molecule has 0 aromatic carbocycles. The Morgan fingerprint density at radius 3 is 2.60 bits per heavy atom. The van der Waals surface area contributed by atoms with Gasteiger partial charge in [-0.25, -0.2) is 4.98 Å². The van der Waals surface area contributed by atoms with Gasteiger partial charge in [0, 0.05) is 23.1 Å². The highest BCUT2D eigenvalue weighted by atomic mass is 32.1. The Hall–Kier alpha value is -2.30. The number of carbonyl (C=O) groups excluding carboxylic acids is 2. The lowest BCUT2D eigenvalue weighted by molar-refractivity contribution is -0.149. The van der Waals surface area contributed by atoms with E-state index in [-0.39, 0.29) is 18.1 Å². The van der Waals surface area contributed by atoms with Crippen LogP contribution in [0.1, 0.15) is 84.3 Å². The van der Waals surface area contributed by atoms with Crippen molar-refractivity contribution in [3.8, 4) is 6.07 Å². The number of nitrogens with zero attached hydrogens (tertiary/aromatic N) is 2. The van der Waals surface area contributed by atoms with Gasteiger partial charge in [0.2, 0.25) is 0 Å². The number of rotatable bonds is 2. The Balaban J connectivity index is 2.38. The second-order valence-corrected chi connectivity index (χ2v) is 11.6. The molecule has 1 aliphatic rings. The molecule has 192 valence electrons. The molecule has 1 aromatic rings. The largest absolute Gasteiger partial charge is 0.457 e. The molecule has 0 spiro atoms. The van der Waals surface area contributed by atoms with Crippen molar-refractivity contribution < 1.29 is 19.4 Å². The minimum atomic E-state index is -1.10. The highest BCUT2D eigenvalue weighted by molar-refractivity contribution is 7.09. The summed E-state index contributed by atoms with van der Waals surface area (Å²) >= 11 is 1.56. The SMILES string of the molecule is C/C1=C/C[C@@H](/C(C)=C/c2csc(C)n2)OC(=O)C[C@H](C#N)C(C)(C)C(=O)[C@H](C)[C@@H](O)[C@@H](C)CCC1. The van der Waals surface area contributed by atoms with E-state index in [1.165, 1.54) is 5.57 Å². The van der Waals surface area contributed by atoms with Gasteiger partial charge >= 0.3 is 5.97 Å². The van der Waals surface area contributed by atoms with Crippen LogP contribution in [-0.2, 0) is 14.3 Å². The lowest BCUT2D eigenvalue weighted by Gasteiger charge is -2.34. The summed E-state index contributed by atoms with van der Waals surface area (Å²) in [4.78, 5) is 30.8. The van der Waals surface area contributed by atoms with E-state index in [9.17, 15) is 20.0 Å². The number of aryl methyl sites for hydroxylation is 1. The molecule has 0 radical (unpaired) electrons. The lowest BCUT2D eigenvalue weighted by Crippen LogP contribution is -2.43. The highest BCUT2D eigenvalue weighted by Gasteiger charge is 2.43. The number of aromatic nitrogens is 1. The van der Waals surface area contributed by atoms with Crippen molar-refractivity contribution in [2.24, 2.45) is 23.2 Å². The van der Waals surface area contributed by atoms with E-state index < -0.39 is 35.4 Å². The molecular weight excluding hydrogens is 460 g/mol. The summed E-state index contributed by atoms with van der Waals surface area (Å²) in [5.41, 5.74) is 1.80. The molecule has 1 aromatic heterocycles. The van der Waals surface area contributed by atoms with Crippen LogP contribution in [0.5, 0.6) is 0 Å². The average Bonchev–Trinajstić information content (AvgIpc) is 3.21. The number of aliphatic hydroxyl groups excluding tert-OH is 1. The van der Waals surface area contributed by atoms with Gasteiger partial charge in [-0.15, -0.1) is 11.3 Å². The van der Waals surface area contributed by atoms with Gasteiger partial charge in [-0.2, -0.15) is 5.26 Å². The normalized spacial score (nSPS) is 31.2. The minimum absolute atomic E-state index is 0.0459. The van der Waals surface area contributed by atoms with Crippen LogP contribution in [0.25, 0.3) is 6.08 Å². The van der Waals surface area contributed by atoms with Gasteiger partial charge in [-0.05, 0) is 57.6 Å². The van der Waals surface area contributed by atoms with Crippen molar-refractivity contribution in [2.45, 2.75) is 92.8 Å². The maximum atomic E-state index is 13.3. The summed E-state index contributed by atoms with van der Waals surface area (Å²) in [6.45, 7) is 13.0. The monoisotopic (exact) mass is 500 g/mol. The zero-order valence-electron chi connectivity index (χ0n) is 22.1. The van der Waals surface area contributed by atoms with Crippen molar-refractivity contribution in [1.29, 1.82) is 5.26 Å². The summed E-state index contributed by atoms with van der Waals surface area (Å²) in [6, 6.07) is 2.16. The van der Waals surface area contributed by atoms with Gasteiger partial charge < -0.3 is 9.84 Å². The predicted molar refractivity (Wildman–Crippen MR) is 139 cm³/mol. The number of esters is 1.